The zero-order valence-corrected chi connectivity index (χ0v) is 6.90. The van der Waals surface area contributed by atoms with E-state index in [1.165, 1.54) is 12.3 Å². The van der Waals surface area contributed by atoms with Crippen LogP contribution in [0.1, 0.15) is 17.4 Å². The summed E-state index contributed by atoms with van der Waals surface area (Å²) in [5.41, 5.74) is 4.93. The van der Waals surface area contributed by atoms with Crippen molar-refractivity contribution in [3.05, 3.63) is 30.1 Å². The molecular weight excluding hydrogens is 156 g/mol. The molecule has 0 aliphatic carbocycles. The lowest BCUT2D eigenvalue weighted by molar-refractivity contribution is 0.0690. The summed E-state index contributed by atoms with van der Waals surface area (Å²) < 4.78 is 0. The largest absolute Gasteiger partial charge is 0.477 e. The summed E-state index contributed by atoms with van der Waals surface area (Å²) in [6, 6.07) is 4.76. The summed E-state index contributed by atoms with van der Waals surface area (Å²) in [4.78, 5) is 13.7. The second-order valence-electron chi connectivity index (χ2n) is 1.93. The van der Waals surface area contributed by atoms with Crippen LogP contribution in [-0.2, 0) is 0 Å². The van der Waals surface area contributed by atoms with E-state index >= 15 is 0 Å². The van der Waals surface area contributed by atoms with E-state index in [9.17, 15) is 4.79 Å². The molecule has 12 heavy (non-hydrogen) atoms. The number of nitrogens with two attached hydrogens (primary N) is 1. The Labute approximate surface area is 71.0 Å². The van der Waals surface area contributed by atoms with Crippen LogP contribution in [0, 0.1) is 0 Å². The minimum Gasteiger partial charge on any atom is -0.477 e. The van der Waals surface area contributed by atoms with E-state index in [0.717, 1.165) is 6.54 Å². The summed E-state index contributed by atoms with van der Waals surface area (Å²) in [6.07, 6.45) is 1.45. The molecule has 0 aromatic carbocycles. The first-order valence-electron chi connectivity index (χ1n) is 3.56. The molecule has 0 atom stereocenters. The number of rotatable bonds is 1. The highest BCUT2D eigenvalue weighted by Gasteiger charge is 1.98. The Balaban J connectivity index is 0.000000354. The molecule has 0 unspecified atom stereocenters. The minimum absolute atomic E-state index is 0.0810. The van der Waals surface area contributed by atoms with E-state index in [4.69, 9.17) is 10.8 Å². The third kappa shape index (κ3) is 4.40. The molecule has 1 aromatic rings. The maximum absolute atomic E-state index is 10.1. The van der Waals surface area contributed by atoms with Crippen molar-refractivity contribution in [2.45, 2.75) is 6.92 Å². The zero-order valence-electron chi connectivity index (χ0n) is 6.90. The van der Waals surface area contributed by atoms with Crippen molar-refractivity contribution in [3.63, 3.8) is 0 Å². The summed E-state index contributed by atoms with van der Waals surface area (Å²) in [7, 11) is 0. The number of pyridine rings is 1. The van der Waals surface area contributed by atoms with Crippen molar-refractivity contribution in [1.29, 1.82) is 0 Å². The Morgan fingerprint density at radius 2 is 2.25 bits per heavy atom. The molecule has 0 aliphatic rings. The van der Waals surface area contributed by atoms with E-state index in [0.29, 0.717) is 0 Å². The molecular formula is C8H12N2O2. The molecule has 4 heteroatoms. The van der Waals surface area contributed by atoms with Crippen LogP contribution in [0.5, 0.6) is 0 Å². The van der Waals surface area contributed by atoms with Gasteiger partial charge in [0.2, 0.25) is 0 Å². The first-order chi connectivity index (χ1) is 5.72. The van der Waals surface area contributed by atoms with Crippen molar-refractivity contribution in [1.82, 2.24) is 4.98 Å². The topological polar surface area (TPSA) is 76.2 Å². The van der Waals surface area contributed by atoms with Gasteiger partial charge >= 0.3 is 5.97 Å². The molecule has 0 aliphatic heterocycles. The van der Waals surface area contributed by atoms with Crippen LogP contribution in [0.25, 0.3) is 0 Å². The predicted molar refractivity (Wildman–Crippen MR) is 45.9 cm³/mol. The highest BCUT2D eigenvalue weighted by Crippen LogP contribution is 1.90. The van der Waals surface area contributed by atoms with Gasteiger partial charge in [0, 0.05) is 6.20 Å². The van der Waals surface area contributed by atoms with Gasteiger partial charge in [-0.15, -0.1) is 0 Å². The molecule has 0 radical (unpaired) electrons. The van der Waals surface area contributed by atoms with Crippen molar-refractivity contribution >= 4 is 5.97 Å². The fraction of sp³-hybridized carbons (Fsp3) is 0.250. The van der Waals surface area contributed by atoms with Gasteiger partial charge in [-0.05, 0) is 18.7 Å². The summed E-state index contributed by atoms with van der Waals surface area (Å²) >= 11 is 0. The fourth-order valence-electron chi connectivity index (χ4n) is 0.489. The Morgan fingerprint density at radius 3 is 2.50 bits per heavy atom. The average Bonchev–Trinajstić information content (AvgIpc) is 2.07. The van der Waals surface area contributed by atoms with Crippen molar-refractivity contribution in [2.75, 3.05) is 6.54 Å². The molecule has 1 heterocycles. The van der Waals surface area contributed by atoms with Gasteiger partial charge in [0.1, 0.15) is 5.69 Å². The lowest BCUT2D eigenvalue weighted by Gasteiger charge is -1.87. The first kappa shape index (κ1) is 10.6. The fourth-order valence-corrected chi connectivity index (χ4v) is 0.489. The van der Waals surface area contributed by atoms with E-state index in [2.05, 4.69) is 4.98 Å². The van der Waals surface area contributed by atoms with Crippen molar-refractivity contribution in [2.24, 2.45) is 5.73 Å². The van der Waals surface area contributed by atoms with Gasteiger partial charge in [0.05, 0.1) is 0 Å². The van der Waals surface area contributed by atoms with Gasteiger partial charge in [-0.2, -0.15) is 0 Å². The van der Waals surface area contributed by atoms with E-state index < -0.39 is 5.97 Å². The number of hydrogen-bond donors (Lipinski definition) is 2. The van der Waals surface area contributed by atoms with E-state index in [1.807, 2.05) is 6.92 Å². The molecule has 0 bridgehead atoms. The maximum Gasteiger partial charge on any atom is 0.354 e. The summed E-state index contributed by atoms with van der Waals surface area (Å²) in [5, 5.41) is 8.32. The van der Waals surface area contributed by atoms with Gasteiger partial charge in [0.15, 0.2) is 0 Å². The quantitative estimate of drug-likeness (QED) is 0.648. The highest BCUT2D eigenvalue weighted by molar-refractivity contribution is 5.85. The SMILES string of the molecule is CCN.O=C(O)c1ccccn1. The molecule has 0 fully saturated rings. The number of carboxylic acids is 1. The van der Waals surface area contributed by atoms with Gasteiger partial charge in [-0.25, -0.2) is 9.78 Å². The molecule has 66 valence electrons. The van der Waals surface area contributed by atoms with Crippen LogP contribution in [0.4, 0.5) is 0 Å². The molecule has 0 saturated carbocycles. The summed E-state index contributed by atoms with van der Waals surface area (Å²) in [5.74, 6) is -0.990. The number of hydrogen-bond acceptors (Lipinski definition) is 3. The van der Waals surface area contributed by atoms with Crippen molar-refractivity contribution < 1.29 is 9.90 Å². The van der Waals surface area contributed by atoms with Crippen LogP contribution in [0.3, 0.4) is 0 Å². The standard InChI is InChI=1S/C6H5NO2.C2H7N/c8-6(9)5-3-1-2-4-7-5;1-2-3/h1-4H,(H,8,9);2-3H2,1H3. The van der Waals surface area contributed by atoms with Crippen LogP contribution in [0.2, 0.25) is 0 Å². The van der Waals surface area contributed by atoms with Crippen molar-refractivity contribution in [3.8, 4) is 0 Å². The summed E-state index contributed by atoms with van der Waals surface area (Å²) in [6.45, 7) is 2.65. The Hall–Kier alpha value is -1.42. The second kappa shape index (κ2) is 6.30. The number of nitrogens with zero attached hydrogens (tertiary/aromatic N) is 1. The van der Waals surface area contributed by atoms with E-state index in [1.54, 1.807) is 12.1 Å². The van der Waals surface area contributed by atoms with Gasteiger partial charge < -0.3 is 10.8 Å². The third-order valence-corrected chi connectivity index (χ3v) is 0.884. The smallest absolute Gasteiger partial charge is 0.354 e. The molecule has 0 amide bonds. The molecule has 3 N–H and O–H groups in total. The Kier molecular flexibility index (Phi) is 5.55. The number of carboxylic acid groups (broad SMARTS) is 1. The molecule has 1 rings (SSSR count). The number of carbonyl (C=O) groups is 1. The zero-order chi connectivity index (χ0) is 9.40. The van der Waals surface area contributed by atoms with Gasteiger partial charge in [-0.1, -0.05) is 13.0 Å². The third-order valence-electron chi connectivity index (χ3n) is 0.884. The van der Waals surface area contributed by atoms with E-state index in [-0.39, 0.29) is 5.69 Å². The molecule has 1 aromatic heterocycles. The van der Waals surface area contributed by atoms with Crippen LogP contribution >= 0.6 is 0 Å². The first-order valence-corrected chi connectivity index (χ1v) is 3.56. The van der Waals surface area contributed by atoms with Crippen LogP contribution in [0.15, 0.2) is 24.4 Å². The monoisotopic (exact) mass is 168 g/mol. The number of aromatic nitrogens is 1. The Morgan fingerprint density at radius 1 is 1.67 bits per heavy atom. The molecule has 0 spiro atoms. The lowest BCUT2D eigenvalue weighted by atomic mass is 10.4. The number of aromatic carboxylic acids is 1. The molecule has 4 nitrogen and oxygen atoms in total. The lowest BCUT2D eigenvalue weighted by Crippen LogP contribution is -1.97. The predicted octanol–water partition coefficient (Wildman–Crippen LogP) is 0.745. The molecule has 0 saturated heterocycles. The average molecular weight is 168 g/mol. The van der Waals surface area contributed by atoms with Gasteiger partial charge in [0.25, 0.3) is 0 Å². The highest BCUT2D eigenvalue weighted by atomic mass is 16.4. The van der Waals surface area contributed by atoms with Crippen LogP contribution in [-0.4, -0.2) is 22.6 Å². The minimum atomic E-state index is -0.990. The van der Waals surface area contributed by atoms with Crippen LogP contribution < -0.4 is 5.73 Å². The maximum atomic E-state index is 10.1. The normalized spacial score (nSPS) is 8.17. The second-order valence-corrected chi connectivity index (χ2v) is 1.93. The Bertz CT molecular complexity index is 224. The van der Waals surface area contributed by atoms with Gasteiger partial charge in [-0.3, -0.25) is 0 Å².